The molecule has 0 bridgehead atoms. The van der Waals surface area contributed by atoms with Gasteiger partial charge in [0, 0.05) is 18.1 Å². The number of hydrogen-bond donors (Lipinski definition) is 1. The molecule has 0 amide bonds. The Kier molecular flexibility index (Phi) is 3.92. The topological polar surface area (TPSA) is 29.3 Å². The Bertz CT molecular complexity index is 514. The van der Waals surface area contributed by atoms with Gasteiger partial charge in [-0.1, -0.05) is 40.2 Å². The third-order valence-electron chi connectivity index (χ3n) is 2.98. The molecular weight excluding hydrogens is 288 g/mol. The molecular formula is C15H17BrN2. The van der Waals surface area contributed by atoms with Crippen molar-refractivity contribution in [1.29, 1.82) is 0 Å². The highest BCUT2D eigenvalue weighted by Gasteiger charge is 2.08. The second kappa shape index (κ2) is 5.44. The summed E-state index contributed by atoms with van der Waals surface area (Å²) in [5, 5.41) is 0. The van der Waals surface area contributed by atoms with Crippen LogP contribution in [0.25, 0.3) is 0 Å². The molecule has 0 spiro atoms. The first kappa shape index (κ1) is 13.0. The van der Waals surface area contributed by atoms with E-state index in [1.807, 2.05) is 12.1 Å². The van der Waals surface area contributed by atoms with Gasteiger partial charge in [0.05, 0.1) is 11.4 Å². The number of benzene rings is 2. The average molecular weight is 305 g/mol. The summed E-state index contributed by atoms with van der Waals surface area (Å²) in [6, 6.07) is 14.4. The van der Waals surface area contributed by atoms with Crippen LogP contribution in [0.5, 0.6) is 0 Å². The molecule has 3 heteroatoms. The maximum absolute atomic E-state index is 6.05. The normalized spacial score (nSPS) is 10.4. The number of nitrogens with zero attached hydrogens (tertiary/aromatic N) is 1. The zero-order valence-electron chi connectivity index (χ0n) is 10.7. The lowest BCUT2D eigenvalue weighted by Gasteiger charge is -2.23. The molecule has 0 fully saturated rings. The van der Waals surface area contributed by atoms with Crippen LogP contribution < -0.4 is 10.6 Å². The molecule has 2 aromatic carbocycles. The summed E-state index contributed by atoms with van der Waals surface area (Å²) >= 11 is 3.45. The zero-order valence-corrected chi connectivity index (χ0v) is 12.2. The van der Waals surface area contributed by atoms with Crippen LogP contribution in [0.1, 0.15) is 11.1 Å². The lowest BCUT2D eigenvalue weighted by atomic mass is 10.1. The molecule has 2 N–H and O–H groups in total. The van der Waals surface area contributed by atoms with Gasteiger partial charge in [-0.15, -0.1) is 0 Å². The number of nitrogens with two attached hydrogens (primary N) is 1. The van der Waals surface area contributed by atoms with E-state index in [9.17, 15) is 0 Å². The summed E-state index contributed by atoms with van der Waals surface area (Å²) in [6.45, 7) is 2.94. The monoisotopic (exact) mass is 304 g/mol. The first-order chi connectivity index (χ1) is 8.58. The standard InChI is InChI=1S/C15H17BrN2/c1-11-4-3-5-14(17)15(11)18(2)10-12-6-8-13(16)9-7-12/h3-9H,10,17H2,1-2H3. The fourth-order valence-electron chi connectivity index (χ4n) is 2.15. The number of para-hydroxylation sites is 1. The van der Waals surface area contributed by atoms with Crippen molar-refractivity contribution < 1.29 is 0 Å². The van der Waals surface area contributed by atoms with E-state index in [-0.39, 0.29) is 0 Å². The molecule has 0 saturated heterocycles. The van der Waals surface area contributed by atoms with Crippen LogP contribution in [-0.4, -0.2) is 7.05 Å². The Morgan fingerprint density at radius 3 is 2.39 bits per heavy atom. The van der Waals surface area contributed by atoms with Crippen LogP contribution in [0.15, 0.2) is 46.9 Å². The SMILES string of the molecule is Cc1cccc(N)c1N(C)Cc1ccc(Br)cc1. The summed E-state index contributed by atoms with van der Waals surface area (Å²) in [6.07, 6.45) is 0. The number of aryl methyl sites for hydroxylation is 1. The van der Waals surface area contributed by atoms with Crippen LogP contribution in [-0.2, 0) is 6.54 Å². The molecule has 94 valence electrons. The van der Waals surface area contributed by atoms with Gasteiger partial charge in [0.25, 0.3) is 0 Å². The highest BCUT2D eigenvalue weighted by molar-refractivity contribution is 9.10. The second-order valence-electron chi connectivity index (χ2n) is 4.50. The average Bonchev–Trinajstić information content (AvgIpc) is 2.32. The van der Waals surface area contributed by atoms with E-state index in [0.29, 0.717) is 0 Å². The van der Waals surface area contributed by atoms with Crippen molar-refractivity contribution >= 4 is 27.3 Å². The Morgan fingerprint density at radius 2 is 1.78 bits per heavy atom. The lowest BCUT2D eigenvalue weighted by molar-refractivity contribution is 0.919. The van der Waals surface area contributed by atoms with Crippen molar-refractivity contribution in [2.75, 3.05) is 17.7 Å². The molecule has 0 saturated carbocycles. The van der Waals surface area contributed by atoms with Gasteiger partial charge in [0.15, 0.2) is 0 Å². The number of anilines is 2. The third-order valence-corrected chi connectivity index (χ3v) is 3.51. The number of halogens is 1. The molecule has 0 heterocycles. The summed E-state index contributed by atoms with van der Waals surface area (Å²) < 4.78 is 1.10. The first-order valence-electron chi connectivity index (χ1n) is 5.88. The quantitative estimate of drug-likeness (QED) is 0.869. The van der Waals surface area contributed by atoms with Gasteiger partial charge < -0.3 is 10.6 Å². The van der Waals surface area contributed by atoms with Crippen molar-refractivity contribution in [3.8, 4) is 0 Å². The van der Waals surface area contributed by atoms with Crippen LogP contribution in [0.4, 0.5) is 11.4 Å². The Hall–Kier alpha value is -1.48. The second-order valence-corrected chi connectivity index (χ2v) is 5.41. The van der Waals surface area contributed by atoms with E-state index in [1.165, 1.54) is 11.1 Å². The highest BCUT2D eigenvalue weighted by Crippen LogP contribution is 2.27. The van der Waals surface area contributed by atoms with Crippen molar-refractivity contribution in [3.63, 3.8) is 0 Å². The van der Waals surface area contributed by atoms with E-state index in [2.05, 4.69) is 65.1 Å². The molecule has 0 radical (unpaired) electrons. The maximum Gasteiger partial charge on any atom is 0.0630 e. The molecule has 0 aliphatic carbocycles. The predicted octanol–water partition coefficient (Wildman–Crippen LogP) is 3.98. The van der Waals surface area contributed by atoms with E-state index >= 15 is 0 Å². The number of hydrogen-bond acceptors (Lipinski definition) is 2. The molecule has 0 unspecified atom stereocenters. The van der Waals surface area contributed by atoms with E-state index in [1.54, 1.807) is 0 Å². The van der Waals surface area contributed by atoms with Gasteiger partial charge >= 0.3 is 0 Å². The molecule has 18 heavy (non-hydrogen) atoms. The van der Waals surface area contributed by atoms with Gasteiger partial charge in [-0.25, -0.2) is 0 Å². The Morgan fingerprint density at radius 1 is 1.11 bits per heavy atom. The molecule has 0 aliphatic rings. The smallest absolute Gasteiger partial charge is 0.0630 e. The zero-order chi connectivity index (χ0) is 13.1. The number of rotatable bonds is 3. The minimum absolute atomic E-state index is 0.828. The summed E-state index contributed by atoms with van der Waals surface area (Å²) in [5.74, 6) is 0. The summed E-state index contributed by atoms with van der Waals surface area (Å²) in [7, 11) is 2.07. The number of nitrogen functional groups attached to an aromatic ring is 1. The van der Waals surface area contributed by atoms with Crippen LogP contribution in [0.3, 0.4) is 0 Å². The van der Waals surface area contributed by atoms with Gasteiger partial charge in [-0.3, -0.25) is 0 Å². The summed E-state index contributed by atoms with van der Waals surface area (Å²) in [5.41, 5.74) is 10.5. The van der Waals surface area contributed by atoms with Gasteiger partial charge in [0.1, 0.15) is 0 Å². The fraction of sp³-hybridized carbons (Fsp3) is 0.200. The van der Waals surface area contributed by atoms with E-state index in [4.69, 9.17) is 5.73 Å². The maximum atomic E-state index is 6.05. The third kappa shape index (κ3) is 2.85. The molecule has 2 nitrogen and oxygen atoms in total. The minimum atomic E-state index is 0.828. The minimum Gasteiger partial charge on any atom is -0.397 e. The molecule has 2 rings (SSSR count). The van der Waals surface area contributed by atoms with Gasteiger partial charge in [-0.05, 0) is 36.2 Å². The fourth-order valence-corrected chi connectivity index (χ4v) is 2.41. The van der Waals surface area contributed by atoms with Crippen molar-refractivity contribution in [1.82, 2.24) is 0 Å². The Labute approximate surface area is 117 Å². The first-order valence-corrected chi connectivity index (χ1v) is 6.68. The van der Waals surface area contributed by atoms with Crippen LogP contribution in [0.2, 0.25) is 0 Å². The Balaban J connectivity index is 2.22. The van der Waals surface area contributed by atoms with Crippen LogP contribution in [0, 0.1) is 6.92 Å². The van der Waals surface area contributed by atoms with E-state index < -0.39 is 0 Å². The van der Waals surface area contributed by atoms with Crippen molar-refractivity contribution in [2.45, 2.75) is 13.5 Å². The highest BCUT2D eigenvalue weighted by atomic mass is 79.9. The van der Waals surface area contributed by atoms with Gasteiger partial charge in [0.2, 0.25) is 0 Å². The van der Waals surface area contributed by atoms with Crippen LogP contribution >= 0.6 is 15.9 Å². The molecule has 0 aromatic heterocycles. The largest absolute Gasteiger partial charge is 0.397 e. The molecule has 0 aliphatic heterocycles. The predicted molar refractivity (Wildman–Crippen MR) is 81.8 cm³/mol. The summed E-state index contributed by atoms with van der Waals surface area (Å²) in [4.78, 5) is 2.19. The van der Waals surface area contributed by atoms with Crippen molar-refractivity contribution in [3.05, 3.63) is 58.1 Å². The molecule has 0 atom stereocenters. The van der Waals surface area contributed by atoms with Gasteiger partial charge in [-0.2, -0.15) is 0 Å². The molecule has 2 aromatic rings. The van der Waals surface area contributed by atoms with E-state index in [0.717, 1.165) is 22.4 Å². The van der Waals surface area contributed by atoms with Crippen molar-refractivity contribution in [2.24, 2.45) is 0 Å². The lowest BCUT2D eigenvalue weighted by Crippen LogP contribution is -2.18.